The summed E-state index contributed by atoms with van der Waals surface area (Å²) in [5.74, 6) is 13.7. The number of nitrogens with two attached hydrogens (primary N) is 3. The quantitative estimate of drug-likeness (QED) is 0.128. The summed E-state index contributed by atoms with van der Waals surface area (Å²) in [6, 6.07) is 0. The van der Waals surface area contributed by atoms with Gasteiger partial charge in [-0.3, -0.25) is 14.4 Å². The number of nitrogens with zero attached hydrogens (tertiary/aromatic N) is 1. The van der Waals surface area contributed by atoms with Gasteiger partial charge in [-0.15, -0.1) is 0 Å². The van der Waals surface area contributed by atoms with E-state index in [2.05, 4.69) is 19.7 Å². The lowest BCUT2D eigenvalue weighted by Gasteiger charge is -2.00. The van der Waals surface area contributed by atoms with Gasteiger partial charge in [-0.1, -0.05) is 24.4 Å². The predicted octanol–water partition coefficient (Wildman–Crippen LogP) is 1.91. The van der Waals surface area contributed by atoms with Crippen molar-refractivity contribution in [1.29, 1.82) is 0 Å². The molecule has 0 spiro atoms. The van der Waals surface area contributed by atoms with Gasteiger partial charge in [0.1, 0.15) is 12.3 Å². The first-order valence-electron chi connectivity index (χ1n) is 10.4. The third-order valence-corrected chi connectivity index (χ3v) is 3.73. The summed E-state index contributed by atoms with van der Waals surface area (Å²) >= 11 is 0. The predicted molar refractivity (Wildman–Crippen MR) is 118 cm³/mol. The summed E-state index contributed by atoms with van der Waals surface area (Å²) in [5.41, 5.74) is 0.409. The number of rotatable bonds is 17. The molecule has 11 heteroatoms. The van der Waals surface area contributed by atoms with E-state index in [0.717, 1.165) is 51.4 Å². The number of unbranched alkanes of at least 4 members (excludes halogenated alkanes) is 6. The van der Waals surface area contributed by atoms with Gasteiger partial charge in [0.15, 0.2) is 17.3 Å². The van der Waals surface area contributed by atoms with Crippen molar-refractivity contribution in [1.82, 2.24) is 0 Å². The van der Waals surface area contributed by atoms with Gasteiger partial charge < -0.3 is 19.4 Å². The highest BCUT2D eigenvalue weighted by molar-refractivity contribution is 6.37. The van der Waals surface area contributed by atoms with E-state index in [4.69, 9.17) is 22.5 Å². The van der Waals surface area contributed by atoms with Crippen LogP contribution in [0.3, 0.4) is 0 Å². The zero-order chi connectivity index (χ0) is 24.3. The molecule has 11 nitrogen and oxygen atoms in total. The van der Waals surface area contributed by atoms with Crippen LogP contribution in [0.2, 0.25) is 0 Å². The maximum absolute atomic E-state index is 10.7. The molecule has 0 aromatic carbocycles. The third kappa shape index (κ3) is 36.0. The topological polar surface area (TPSA) is 179 Å². The van der Waals surface area contributed by atoms with Crippen LogP contribution < -0.4 is 17.7 Å². The first kappa shape index (κ1) is 33.9. The molecule has 0 aliphatic heterocycles. The third-order valence-electron chi connectivity index (χ3n) is 3.73. The molecule has 0 amide bonds. The molecule has 0 aromatic rings. The lowest BCUT2D eigenvalue weighted by Crippen LogP contribution is -2.05. The van der Waals surface area contributed by atoms with Crippen LogP contribution in [0.1, 0.15) is 79.1 Å². The highest BCUT2D eigenvalue weighted by atomic mass is 16.6. The van der Waals surface area contributed by atoms with Gasteiger partial charge in [-0.25, -0.2) is 17.7 Å². The molecule has 0 rings (SSSR count). The Bertz CT molecular complexity index is 454. The largest absolute Gasteiger partial charge is 0.396 e. The molecule has 0 aliphatic rings. The summed E-state index contributed by atoms with van der Waals surface area (Å²) in [6.45, 7) is 8.05. The van der Waals surface area contributed by atoms with E-state index in [0.29, 0.717) is 32.1 Å². The standard InChI is InChI=1S/C10H20N2O3.C6H16N2O2.C4H6O2/c1-9(10(2)13)12-15-8-6-4-3-5-7-14-11;7-9-5-3-1-2-4-6-10-8;1-3(5)4(2)6/h3-8,11H2,1-2H3;1-8H2;1-2H3/b12-9+;;. The Hall–Kier alpha value is -1.76. The van der Waals surface area contributed by atoms with Gasteiger partial charge in [0.2, 0.25) is 0 Å². The molecular formula is C20H42N4O7. The molecule has 0 saturated heterocycles. The SMILES string of the molecule is CC(=O)/C(C)=N/OCCCCCCON.CC(=O)C(C)=O.NOCCCCCCON. The van der Waals surface area contributed by atoms with Crippen LogP contribution in [-0.2, 0) is 33.7 Å². The van der Waals surface area contributed by atoms with E-state index in [1.807, 2.05) is 0 Å². The molecule has 0 aliphatic carbocycles. The molecule has 6 N–H and O–H groups in total. The first-order chi connectivity index (χ1) is 14.7. The maximum Gasteiger partial charge on any atom is 0.195 e. The second-order valence-electron chi connectivity index (χ2n) is 6.62. The number of Topliss-reactive ketones (excluding diaryl/α,β-unsaturated/α-hetero) is 3. The molecule has 0 fully saturated rings. The Morgan fingerprint density at radius 2 is 0.871 bits per heavy atom. The van der Waals surface area contributed by atoms with Crippen molar-refractivity contribution in [3.05, 3.63) is 0 Å². The first-order valence-corrected chi connectivity index (χ1v) is 10.4. The number of hydrogen-bond donors (Lipinski definition) is 3. The summed E-state index contributed by atoms with van der Waals surface area (Å²) in [5, 5.41) is 3.68. The van der Waals surface area contributed by atoms with E-state index < -0.39 is 0 Å². The minimum absolute atomic E-state index is 0.0601. The maximum atomic E-state index is 10.7. The van der Waals surface area contributed by atoms with Crippen LogP contribution in [0.15, 0.2) is 5.16 Å². The highest BCUT2D eigenvalue weighted by Gasteiger charge is 1.97. The normalized spacial score (nSPS) is 10.4. The Morgan fingerprint density at radius 3 is 1.13 bits per heavy atom. The van der Waals surface area contributed by atoms with Gasteiger partial charge in [-0.05, 0) is 39.0 Å². The lowest BCUT2D eigenvalue weighted by molar-refractivity contribution is -0.134. The Morgan fingerprint density at radius 1 is 0.548 bits per heavy atom. The number of carbonyl (C=O) groups excluding carboxylic acids is 3. The molecule has 0 atom stereocenters. The zero-order valence-corrected chi connectivity index (χ0v) is 19.5. The molecule has 0 saturated carbocycles. The molecule has 31 heavy (non-hydrogen) atoms. The summed E-state index contributed by atoms with van der Waals surface area (Å²) in [4.78, 5) is 48.5. The zero-order valence-electron chi connectivity index (χ0n) is 19.5. The van der Waals surface area contributed by atoms with Crippen molar-refractivity contribution in [2.75, 3.05) is 26.4 Å². The van der Waals surface area contributed by atoms with E-state index in [1.165, 1.54) is 20.8 Å². The molecule has 0 unspecified atom stereocenters. The van der Waals surface area contributed by atoms with Gasteiger partial charge in [-0.2, -0.15) is 0 Å². The average Bonchev–Trinajstić information content (AvgIpc) is 2.73. The number of ketones is 3. The van der Waals surface area contributed by atoms with Gasteiger partial charge in [0, 0.05) is 20.8 Å². The van der Waals surface area contributed by atoms with Crippen LogP contribution in [0, 0.1) is 0 Å². The van der Waals surface area contributed by atoms with Crippen LogP contribution in [0.25, 0.3) is 0 Å². The van der Waals surface area contributed by atoms with Crippen LogP contribution >= 0.6 is 0 Å². The van der Waals surface area contributed by atoms with E-state index in [9.17, 15) is 14.4 Å². The second-order valence-corrected chi connectivity index (χ2v) is 6.62. The number of oxime groups is 1. The van der Waals surface area contributed by atoms with Crippen LogP contribution in [0.4, 0.5) is 0 Å². The average molecular weight is 451 g/mol. The van der Waals surface area contributed by atoms with E-state index in [-0.39, 0.29) is 17.3 Å². The van der Waals surface area contributed by atoms with Crippen molar-refractivity contribution in [3.8, 4) is 0 Å². The molecule has 0 heterocycles. The Kier molecular flexibility index (Phi) is 30.9. The smallest absolute Gasteiger partial charge is 0.195 e. The summed E-state index contributed by atoms with van der Waals surface area (Å²) in [7, 11) is 0. The Balaban J connectivity index is -0.000000421. The van der Waals surface area contributed by atoms with Gasteiger partial charge in [0.25, 0.3) is 0 Å². The molecule has 184 valence electrons. The molecule has 0 radical (unpaired) electrons. The lowest BCUT2D eigenvalue weighted by atomic mass is 10.2. The fourth-order valence-corrected chi connectivity index (χ4v) is 1.64. The van der Waals surface area contributed by atoms with Gasteiger partial charge >= 0.3 is 0 Å². The summed E-state index contributed by atoms with van der Waals surface area (Å²) < 4.78 is 0. The second kappa shape index (κ2) is 28.2. The highest BCUT2D eigenvalue weighted by Crippen LogP contribution is 2.00. The molecule has 0 aromatic heterocycles. The fourth-order valence-electron chi connectivity index (χ4n) is 1.64. The van der Waals surface area contributed by atoms with Gasteiger partial charge in [0.05, 0.1) is 19.8 Å². The minimum Gasteiger partial charge on any atom is -0.396 e. The summed E-state index contributed by atoms with van der Waals surface area (Å²) in [6.07, 6.45) is 8.29. The van der Waals surface area contributed by atoms with E-state index in [1.54, 1.807) is 6.92 Å². The minimum atomic E-state index is -0.380. The number of carbonyl (C=O) groups is 3. The monoisotopic (exact) mass is 450 g/mol. The molecular weight excluding hydrogens is 408 g/mol. The van der Waals surface area contributed by atoms with Crippen LogP contribution in [0.5, 0.6) is 0 Å². The van der Waals surface area contributed by atoms with Crippen molar-refractivity contribution in [2.45, 2.75) is 79.1 Å². The number of hydrogen-bond acceptors (Lipinski definition) is 11. The van der Waals surface area contributed by atoms with Crippen LogP contribution in [-0.4, -0.2) is 49.5 Å². The molecule has 0 bridgehead atoms. The fraction of sp³-hybridized carbons (Fsp3) is 0.800. The van der Waals surface area contributed by atoms with Crippen molar-refractivity contribution >= 4 is 23.1 Å². The van der Waals surface area contributed by atoms with Crippen molar-refractivity contribution in [2.24, 2.45) is 22.8 Å². The van der Waals surface area contributed by atoms with Crippen molar-refractivity contribution < 1.29 is 33.7 Å². The van der Waals surface area contributed by atoms with E-state index >= 15 is 0 Å². The Labute approximate surface area is 185 Å². The van der Waals surface area contributed by atoms with Crippen molar-refractivity contribution in [3.63, 3.8) is 0 Å².